The van der Waals surface area contributed by atoms with Gasteiger partial charge in [0, 0.05) is 18.7 Å². The zero-order valence-electron chi connectivity index (χ0n) is 11.1. The van der Waals surface area contributed by atoms with E-state index in [-0.39, 0.29) is 5.76 Å². The Kier molecular flexibility index (Phi) is 3.94. The summed E-state index contributed by atoms with van der Waals surface area (Å²) in [6, 6.07) is 3.82. The monoisotopic (exact) mass is 251 g/mol. The molecule has 1 aliphatic rings. The average Bonchev–Trinajstić information content (AvgIpc) is 2.97. The molecule has 0 atom stereocenters. The van der Waals surface area contributed by atoms with E-state index in [1.54, 1.807) is 12.1 Å². The van der Waals surface area contributed by atoms with Crippen molar-refractivity contribution in [2.75, 3.05) is 11.4 Å². The molecule has 0 spiro atoms. The maximum Gasteiger partial charge on any atom is 0.371 e. The number of furan rings is 1. The summed E-state index contributed by atoms with van der Waals surface area (Å²) in [5, 5.41) is 8.91. The van der Waals surface area contributed by atoms with Crippen molar-refractivity contribution in [1.82, 2.24) is 0 Å². The molecule has 0 aromatic carbocycles. The lowest BCUT2D eigenvalue weighted by Crippen LogP contribution is -2.36. The van der Waals surface area contributed by atoms with Crippen LogP contribution in [0.4, 0.5) is 5.88 Å². The van der Waals surface area contributed by atoms with Crippen LogP contribution in [0.5, 0.6) is 0 Å². The molecule has 0 unspecified atom stereocenters. The van der Waals surface area contributed by atoms with E-state index < -0.39 is 5.97 Å². The molecule has 1 aromatic heterocycles. The second kappa shape index (κ2) is 5.46. The van der Waals surface area contributed by atoms with Gasteiger partial charge in [-0.1, -0.05) is 26.7 Å². The highest BCUT2D eigenvalue weighted by Gasteiger charge is 2.26. The molecule has 1 heterocycles. The number of carboxylic acid groups (broad SMARTS) is 1. The standard InChI is InChI=1S/C14H21NO3/c1-10(2)9-15(11-5-3-4-6-11)13-8-7-12(18-13)14(16)17/h7-8,10-11H,3-6,9H2,1-2H3,(H,16,17). The van der Waals surface area contributed by atoms with Crippen LogP contribution >= 0.6 is 0 Å². The van der Waals surface area contributed by atoms with Crippen molar-refractivity contribution in [3.8, 4) is 0 Å². The molecular weight excluding hydrogens is 230 g/mol. The van der Waals surface area contributed by atoms with Gasteiger partial charge in [0.1, 0.15) is 0 Å². The lowest BCUT2D eigenvalue weighted by Gasteiger charge is -2.30. The molecule has 0 bridgehead atoms. The first-order valence-electron chi connectivity index (χ1n) is 6.67. The number of rotatable bonds is 5. The molecule has 4 heteroatoms. The Morgan fingerprint density at radius 1 is 1.44 bits per heavy atom. The second-order valence-corrected chi connectivity index (χ2v) is 5.43. The van der Waals surface area contributed by atoms with Crippen molar-refractivity contribution in [1.29, 1.82) is 0 Å². The topological polar surface area (TPSA) is 53.7 Å². The van der Waals surface area contributed by atoms with E-state index in [1.807, 2.05) is 0 Å². The van der Waals surface area contributed by atoms with E-state index in [9.17, 15) is 4.79 Å². The number of hydrogen-bond donors (Lipinski definition) is 1. The van der Waals surface area contributed by atoms with Gasteiger partial charge in [0.15, 0.2) is 5.88 Å². The minimum absolute atomic E-state index is 0.0248. The molecular formula is C14H21NO3. The molecule has 0 saturated heterocycles. The van der Waals surface area contributed by atoms with Crippen LogP contribution in [0.15, 0.2) is 16.5 Å². The fourth-order valence-corrected chi connectivity index (χ4v) is 2.63. The van der Waals surface area contributed by atoms with Crippen LogP contribution in [0.3, 0.4) is 0 Å². The summed E-state index contributed by atoms with van der Waals surface area (Å²) in [4.78, 5) is 13.1. The molecule has 1 fully saturated rings. The van der Waals surface area contributed by atoms with Gasteiger partial charge in [0.05, 0.1) is 0 Å². The molecule has 1 saturated carbocycles. The van der Waals surface area contributed by atoms with Gasteiger partial charge < -0.3 is 14.4 Å². The van der Waals surface area contributed by atoms with Gasteiger partial charge in [-0.2, -0.15) is 0 Å². The second-order valence-electron chi connectivity index (χ2n) is 5.43. The summed E-state index contributed by atoms with van der Waals surface area (Å²) in [5.41, 5.74) is 0. The predicted molar refractivity (Wildman–Crippen MR) is 70.1 cm³/mol. The first-order chi connectivity index (χ1) is 8.58. The van der Waals surface area contributed by atoms with E-state index in [4.69, 9.17) is 9.52 Å². The fourth-order valence-electron chi connectivity index (χ4n) is 2.63. The van der Waals surface area contributed by atoms with E-state index in [2.05, 4.69) is 18.7 Å². The number of nitrogens with zero attached hydrogens (tertiary/aromatic N) is 1. The van der Waals surface area contributed by atoms with Gasteiger partial charge in [-0.25, -0.2) is 4.79 Å². The minimum Gasteiger partial charge on any atom is -0.475 e. The largest absolute Gasteiger partial charge is 0.475 e. The van der Waals surface area contributed by atoms with Crippen molar-refractivity contribution < 1.29 is 14.3 Å². The highest BCUT2D eigenvalue weighted by Crippen LogP contribution is 2.30. The summed E-state index contributed by atoms with van der Waals surface area (Å²) in [7, 11) is 0. The van der Waals surface area contributed by atoms with Crippen LogP contribution < -0.4 is 4.90 Å². The van der Waals surface area contributed by atoms with Crippen molar-refractivity contribution >= 4 is 11.9 Å². The Balaban J connectivity index is 2.18. The Hall–Kier alpha value is -1.45. The molecule has 1 aliphatic carbocycles. The first kappa shape index (κ1) is 13.0. The smallest absolute Gasteiger partial charge is 0.371 e. The summed E-state index contributed by atoms with van der Waals surface area (Å²) in [6.45, 7) is 5.25. The summed E-state index contributed by atoms with van der Waals surface area (Å²) >= 11 is 0. The molecule has 1 aromatic rings. The van der Waals surface area contributed by atoms with E-state index >= 15 is 0 Å². The number of aromatic carboxylic acids is 1. The SMILES string of the molecule is CC(C)CN(c1ccc(C(=O)O)o1)C1CCCC1. The van der Waals surface area contributed by atoms with Gasteiger partial charge in [0.25, 0.3) is 0 Å². The zero-order chi connectivity index (χ0) is 13.1. The normalized spacial score (nSPS) is 16.4. The Morgan fingerprint density at radius 3 is 2.61 bits per heavy atom. The summed E-state index contributed by atoms with van der Waals surface area (Å²) in [5.74, 6) is 0.255. The number of carbonyl (C=O) groups is 1. The third kappa shape index (κ3) is 2.86. The van der Waals surface area contributed by atoms with Crippen LogP contribution in [0.1, 0.15) is 50.1 Å². The number of anilines is 1. The van der Waals surface area contributed by atoms with Gasteiger partial charge >= 0.3 is 5.97 Å². The highest BCUT2D eigenvalue weighted by molar-refractivity contribution is 5.84. The predicted octanol–water partition coefficient (Wildman–Crippen LogP) is 3.38. The molecule has 100 valence electrons. The maximum atomic E-state index is 10.9. The van der Waals surface area contributed by atoms with Crippen LogP contribution in [0.2, 0.25) is 0 Å². The zero-order valence-corrected chi connectivity index (χ0v) is 11.1. The van der Waals surface area contributed by atoms with Crippen molar-refractivity contribution in [2.24, 2.45) is 5.92 Å². The molecule has 1 N–H and O–H groups in total. The quantitative estimate of drug-likeness (QED) is 0.871. The van der Waals surface area contributed by atoms with Crippen LogP contribution in [0, 0.1) is 5.92 Å². The molecule has 4 nitrogen and oxygen atoms in total. The molecule has 2 rings (SSSR count). The summed E-state index contributed by atoms with van der Waals surface area (Å²) < 4.78 is 5.45. The van der Waals surface area contributed by atoms with Crippen LogP contribution in [0.25, 0.3) is 0 Å². The Bertz CT molecular complexity index is 405. The Labute approximate surface area is 108 Å². The summed E-state index contributed by atoms with van der Waals surface area (Å²) in [6.07, 6.45) is 4.86. The van der Waals surface area contributed by atoms with E-state index in [1.165, 1.54) is 25.7 Å². The van der Waals surface area contributed by atoms with Gasteiger partial charge in [0.2, 0.25) is 5.76 Å². The first-order valence-corrected chi connectivity index (χ1v) is 6.67. The third-order valence-corrected chi connectivity index (χ3v) is 3.41. The number of carboxylic acids is 1. The lowest BCUT2D eigenvalue weighted by atomic mass is 10.1. The van der Waals surface area contributed by atoms with Crippen molar-refractivity contribution in [3.05, 3.63) is 17.9 Å². The van der Waals surface area contributed by atoms with E-state index in [0.29, 0.717) is 17.8 Å². The molecule has 0 radical (unpaired) electrons. The minimum atomic E-state index is -1.00. The van der Waals surface area contributed by atoms with Gasteiger partial charge in [-0.15, -0.1) is 0 Å². The fraction of sp³-hybridized carbons (Fsp3) is 0.643. The van der Waals surface area contributed by atoms with Gasteiger partial charge in [-0.05, 0) is 24.8 Å². The van der Waals surface area contributed by atoms with Crippen LogP contribution in [-0.2, 0) is 0 Å². The lowest BCUT2D eigenvalue weighted by molar-refractivity contribution is 0.0663. The maximum absolute atomic E-state index is 10.9. The van der Waals surface area contributed by atoms with Gasteiger partial charge in [-0.3, -0.25) is 0 Å². The van der Waals surface area contributed by atoms with Crippen LogP contribution in [-0.4, -0.2) is 23.7 Å². The molecule has 0 aliphatic heterocycles. The Morgan fingerprint density at radius 2 is 2.11 bits per heavy atom. The molecule has 18 heavy (non-hydrogen) atoms. The average molecular weight is 251 g/mol. The van der Waals surface area contributed by atoms with E-state index in [0.717, 1.165) is 6.54 Å². The van der Waals surface area contributed by atoms with Crippen molar-refractivity contribution in [3.63, 3.8) is 0 Å². The highest BCUT2D eigenvalue weighted by atomic mass is 16.4. The van der Waals surface area contributed by atoms with Crippen molar-refractivity contribution in [2.45, 2.75) is 45.6 Å². The molecule has 0 amide bonds. The third-order valence-electron chi connectivity index (χ3n) is 3.41. The number of hydrogen-bond acceptors (Lipinski definition) is 3.